The molecule has 2 aromatic rings. The summed E-state index contributed by atoms with van der Waals surface area (Å²) in [4.78, 5) is 46.7. The Morgan fingerprint density at radius 1 is 1.10 bits per heavy atom. The highest BCUT2D eigenvalue weighted by Crippen LogP contribution is 2.27. The molecule has 9 heteroatoms. The number of hydrogen-bond acceptors (Lipinski definition) is 5. The van der Waals surface area contributed by atoms with Gasteiger partial charge in [0.25, 0.3) is 17.7 Å². The van der Waals surface area contributed by atoms with Gasteiger partial charge in [-0.3, -0.25) is 25.0 Å². The molecule has 0 radical (unpaired) electrons. The molecule has 1 saturated heterocycles. The normalized spacial score (nSPS) is 13.4. The molecule has 0 saturated carbocycles. The van der Waals surface area contributed by atoms with Crippen LogP contribution in [-0.4, -0.2) is 30.4 Å². The molecular weight excluding hydrogens is 442 g/mol. The van der Waals surface area contributed by atoms with E-state index in [1.807, 2.05) is 35.8 Å². The van der Waals surface area contributed by atoms with Crippen LogP contribution in [0, 0.1) is 6.92 Å². The van der Waals surface area contributed by atoms with E-state index in [1.54, 1.807) is 24.3 Å². The van der Waals surface area contributed by atoms with E-state index >= 15 is 0 Å². The zero-order valence-corrected chi connectivity index (χ0v) is 16.8. The number of ether oxygens (including phenoxy) is 1. The first-order valence-electron chi connectivity index (χ1n) is 8.49. The van der Waals surface area contributed by atoms with Gasteiger partial charge in [0.15, 0.2) is 6.61 Å². The van der Waals surface area contributed by atoms with E-state index in [4.69, 9.17) is 4.74 Å². The minimum absolute atomic E-state index is 0.192. The first kappa shape index (κ1) is 20.3. The third kappa shape index (κ3) is 5.29. The molecule has 29 heavy (non-hydrogen) atoms. The number of amides is 5. The molecule has 0 unspecified atom stereocenters. The van der Waals surface area contributed by atoms with Crippen molar-refractivity contribution in [1.29, 1.82) is 0 Å². The molecule has 0 spiro atoms. The summed E-state index contributed by atoms with van der Waals surface area (Å²) in [6.07, 6.45) is 1.34. The Kier molecular flexibility index (Phi) is 6.08. The second kappa shape index (κ2) is 8.70. The van der Waals surface area contributed by atoms with Crippen LogP contribution in [-0.2, 0) is 14.4 Å². The maximum absolute atomic E-state index is 12.1. The Morgan fingerprint density at radius 2 is 1.83 bits per heavy atom. The molecule has 3 N–H and O–H groups in total. The summed E-state index contributed by atoms with van der Waals surface area (Å²) >= 11 is 3.34. The number of barbiturate groups is 1. The van der Waals surface area contributed by atoms with Gasteiger partial charge in [-0.25, -0.2) is 4.79 Å². The van der Waals surface area contributed by atoms with E-state index < -0.39 is 17.8 Å². The van der Waals surface area contributed by atoms with Gasteiger partial charge in [-0.15, -0.1) is 0 Å². The maximum Gasteiger partial charge on any atom is 0.328 e. The lowest BCUT2D eigenvalue weighted by Crippen LogP contribution is -2.51. The van der Waals surface area contributed by atoms with Crippen molar-refractivity contribution in [2.45, 2.75) is 6.92 Å². The molecule has 0 bridgehead atoms. The minimum Gasteiger partial charge on any atom is -0.483 e. The van der Waals surface area contributed by atoms with Gasteiger partial charge in [0.1, 0.15) is 11.3 Å². The summed E-state index contributed by atoms with van der Waals surface area (Å²) in [5, 5.41) is 6.75. The van der Waals surface area contributed by atoms with Crippen molar-refractivity contribution in [3.05, 3.63) is 63.6 Å². The lowest BCUT2D eigenvalue weighted by atomic mass is 10.1. The smallest absolute Gasteiger partial charge is 0.328 e. The lowest BCUT2D eigenvalue weighted by Gasteiger charge is -2.14. The fraction of sp³-hybridized carbons (Fsp3) is 0.100. The third-order valence-corrected chi connectivity index (χ3v) is 4.49. The molecule has 0 aliphatic carbocycles. The number of hydrogen-bond donors (Lipinski definition) is 3. The average Bonchev–Trinajstić information content (AvgIpc) is 2.64. The van der Waals surface area contributed by atoms with E-state index in [-0.39, 0.29) is 18.1 Å². The number of rotatable bonds is 5. The minimum atomic E-state index is -0.856. The summed E-state index contributed by atoms with van der Waals surface area (Å²) in [5.41, 5.74) is 2.05. The quantitative estimate of drug-likeness (QED) is 0.471. The van der Waals surface area contributed by atoms with Crippen LogP contribution < -0.4 is 20.7 Å². The van der Waals surface area contributed by atoms with E-state index in [1.165, 1.54) is 6.08 Å². The number of carbonyl (C=O) groups is 4. The number of anilines is 1. The van der Waals surface area contributed by atoms with Crippen molar-refractivity contribution >= 4 is 51.4 Å². The van der Waals surface area contributed by atoms with Crippen LogP contribution in [0.4, 0.5) is 10.5 Å². The molecule has 8 nitrogen and oxygen atoms in total. The molecule has 2 aromatic carbocycles. The van der Waals surface area contributed by atoms with Crippen LogP contribution >= 0.6 is 15.9 Å². The van der Waals surface area contributed by atoms with Gasteiger partial charge in [-0.05, 0) is 64.3 Å². The van der Waals surface area contributed by atoms with Crippen molar-refractivity contribution in [2.24, 2.45) is 0 Å². The van der Waals surface area contributed by atoms with E-state index in [0.717, 1.165) is 5.56 Å². The molecule has 0 aromatic heterocycles. The molecule has 1 aliphatic heterocycles. The van der Waals surface area contributed by atoms with Crippen molar-refractivity contribution in [3.63, 3.8) is 0 Å². The van der Waals surface area contributed by atoms with Crippen molar-refractivity contribution in [3.8, 4) is 5.75 Å². The molecule has 1 heterocycles. The topological polar surface area (TPSA) is 114 Å². The highest BCUT2D eigenvalue weighted by molar-refractivity contribution is 9.10. The van der Waals surface area contributed by atoms with Crippen LogP contribution in [0.25, 0.3) is 6.08 Å². The highest BCUT2D eigenvalue weighted by Gasteiger charge is 2.27. The average molecular weight is 458 g/mol. The van der Waals surface area contributed by atoms with Gasteiger partial charge < -0.3 is 10.1 Å². The number of halogens is 1. The second-order valence-corrected chi connectivity index (χ2v) is 7.05. The Labute approximate surface area is 174 Å². The zero-order chi connectivity index (χ0) is 21.0. The standard InChI is InChI=1S/C20H16BrN3O5/c1-11-3-2-4-13(7-11)22-17(25)10-29-16-6-5-12(9-15(16)21)8-14-18(26)23-20(28)24-19(14)27/h2-9H,10H2,1H3,(H,22,25)(H2,23,24,26,27,28). The summed E-state index contributed by atoms with van der Waals surface area (Å²) in [7, 11) is 0. The Balaban J connectivity index is 1.64. The largest absolute Gasteiger partial charge is 0.483 e. The van der Waals surface area contributed by atoms with Crippen molar-refractivity contribution in [2.75, 3.05) is 11.9 Å². The van der Waals surface area contributed by atoms with Gasteiger partial charge in [0.05, 0.1) is 4.47 Å². The van der Waals surface area contributed by atoms with Crippen molar-refractivity contribution < 1.29 is 23.9 Å². The molecule has 5 amide bonds. The SMILES string of the molecule is Cc1cccc(NC(=O)COc2ccc(C=C3C(=O)NC(=O)NC3=O)cc2Br)c1. The number of nitrogens with one attached hydrogen (secondary N) is 3. The molecule has 148 valence electrons. The Hall–Kier alpha value is -3.46. The van der Waals surface area contributed by atoms with Gasteiger partial charge in [0.2, 0.25) is 0 Å². The number of carbonyl (C=O) groups excluding carboxylic acids is 4. The van der Waals surface area contributed by atoms with Crippen LogP contribution in [0.2, 0.25) is 0 Å². The number of urea groups is 1. The monoisotopic (exact) mass is 457 g/mol. The first-order valence-corrected chi connectivity index (χ1v) is 9.28. The fourth-order valence-electron chi connectivity index (χ4n) is 2.56. The van der Waals surface area contributed by atoms with Crippen LogP contribution in [0.1, 0.15) is 11.1 Å². The van der Waals surface area contributed by atoms with E-state index in [2.05, 4.69) is 21.2 Å². The van der Waals surface area contributed by atoms with Gasteiger partial charge in [-0.1, -0.05) is 18.2 Å². The Morgan fingerprint density at radius 3 is 2.48 bits per heavy atom. The molecular formula is C20H16BrN3O5. The lowest BCUT2D eigenvalue weighted by molar-refractivity contribution is -0.124. The molecule has 1 fully saturated rings. The number of benzene rings is 2. The van der Waals surface area contributed by atoms with Crippen LogP contribution in [0.5, 0.6) is 5.75 Å². The number of imide groups is 2. The second-order valence-electron chi connectivity index (χ2n) is 6.19. The third-order valence-electron chi connectivity index (χ3n) is 3.87. The van der Waals surface area contributed by atoms with Crippen molar-refractivity contribution in [1.82, 2.24) is 10.6 Å². The first-order chi connectivity index (χ1) is 13.8. The molecule has 0 atom stereocenters. The maximum atomic E-state index is 12.1. The van der Waals surface area contributed by atoms with Gasteiger partial charge in [-0.2, -0.15) is 0 Å². The molecule has 3 rings (SSSR count). The predicted molar refractivity (Wildman–Crippen MR) is 109 cm³/mol. The number of aryl methyl sites for hydroxylation is 1. The van der Waals surface area contributed by atoms with Gasteiger partial charge >= 0.3 is 6.03 Å². The van der Waals surface area contributed by atoms with E-state index in [0.29, 0.717) is 21.5 Å². The predicted octanol–water partition coefficient (Wildman–Crippen LogP) is 2.52. The van der Waals surface area contributed by atoms with Crippen LogP contribution in [0.15, 0.2) is 52.5 Å². The van der Waals surface area contributed by atoms with Gasteiger partial charge in [0, 0.05) is 5.69 Å². The van der Waals surface area contributed by atoms with Crippen LogP contribution in [0.3, 0.4) is 0 Å². The summed E-state index contributed by atoms with van der Waals surface area (Å²) < 4.78 is 6.05. The van der Waals surface area contributed by atoms with E-state index in [9.17, 15) is 19.2 Å². The molecule has 1 aliphatic rings. The fourth-order valence-corrected chi connectivity index (χ4v) is 3.07. The Bertz CT molecular complexity index is 1030. The highest BCUT2D eigenvalue weighted by atomic mass is 79.9. The summed E-state index contributed by atoms with van der Waals surface area (Å²) in [5.74, 6) is -1.45. The summed E-state index contributed by atoms with van der Waals surface area (Å²) in [6, 6.07) is 11.4. The zero-order valence-electron chi connectivity index (χ0n) is 15.2. The summed E-state index contributed by atoms with van der Waals surface area (Å²) in [6.45, 7) is 1.73.